The lowest BCUT2D eigenvalue weighted by Crippen LogP contribution is -2.45. The lowest BCUT2D eigenvalue weighted by molar-refractivity contribution is 0.132. The number of hydrogen-bond acceptors (Lipinski definition) is 4. The molecule has 30 heavy (non-hydrogen) atoms. The van der Waals surface area contributed by atoms with Crippen molar-refractivity contribution in [3.05, 3.63) is 66.1 Å². The maximum absolute atomic E-state index is 13.1. The molecular weight excluding hydrogens is 448 g/mol. The molecule has 2 aromatic carbocycles. The second kappa shape index (κ2) is 10.1. The van der Waals surface area contributed by atoms with Gasteiger partial charge in [-0.05, 0) is 54.6 Å². The molecule has 0 atom stereocenters. The number of likely N-dealkylation sites (N-methyl/N-ethyl adjacent to an activating group) is 1. The Morgan fingerprint density at radius 3 is 2.17 bits per heavy atom. The number of hydrogen-bond donors (Lipinski definition) is 0. The van der Waals surface area contributed by atoms with Crippen molar-refractivity contribution in [2.75, 3.05) is 32.7 Å². The van der Waals surface area contributed by atoms with Crippen LogP contribution in [0.4, 0.5) is 4.39 Å². The van der Waals surface area contributed by atoms with Crippen molar-refractivity contribution in [1.82, 2.24) is 13.8 Å². The number of nitrogens with zero attached hydrogens (tertiary/aromatic N) is 3. The second-order valence-corrected chi connectivity index (χ2v) is 8.99. The van der Waals surface area contributed by atoms with E-state index >= 15 is 0 Å². The quantitative estimate of drug-likeness (QED) is 0.561. The zero-order chi connectivity index (χ0) is 19.7. The van der Waals surface area contributed by atoms with E-state index in [0.717, 1.165) is 56.8 Å². The molecule has 0 unspecified atom stereocenters. The Balaban J connectivity index is 0.00000160. The third kappa shape index (κ3) is 4.98. The fourth-order valence-electron chi connectivity index (χ4n) is 3.72. The molecule has 3 aromatic rings. The van der Waals surface area contributed by atoms with Gasteiger partial charge in [-0.25, -0.2) is 16.8 Å². The number of piperazine rings is 1. The van der Waals surface area contributed by atoms with E-state index < -0.39 is 15.8 Å². The highest BCUT2D eigenvalue weighted by Gasteiger charge is 2.20. The highest BCUT2D eigenvalue weighted by Crippen LogP contribution is 2.24. The number of fused-ring (bicyclic) bond motifs is 1. The predicted octanol–water partition coefficient (Wildman–Crippen LogP) is 4.00. The third-order valence-electron chi connectivity index (χ3n) is 5.41. The zero-order valence-corrected chi connectivity index (χ0v) is 19.1. The van der Waals surface area contributed by atoms with Crippen LogP contribution in [0.1, 0.15) is 12.5 Å². The average molecular weight is 474 g/mol. The van der Waals surface area contributed by atoms with Gasteiger partial charge in [0.15, 0.2) is 0 Å². The van der Waals surface area contributed by atoms with Gasteiger partial charge in [-0.3, -0.25) is 4.90 Å². The lowest BCUT2D eigenvalue weighted by atomic mass is 10.1. The van der Waals surface area contributed by atoms with Gasteiger partial charge in [0.05, 0.1) is 10.4 Å². The van der Waals surface area contributed by atoms with Crippen molar-refractivity contribution in [3.8, 4) is 0 Å². The van der Waals surface area contributed by atoms with Crippen molar-refractivity contribution in [2.45, 2.75) is 18.4 Å². The van der Waals surface area contributed by atoms with E-state index in [2.05, 4.69) is 22.8 Å². The standard InChI is InChI=1S/C21H24FN3O2S.2ClH/c1-2-23-11-13-24(14-12-23)16-17-3-8-21-18(15-17)9-10-25(21)28(26,27)20-6-4-19(22)5-7-20;;/h3-10,15H,2,11-14,16H2,1H3;2*1H. The summed E-state index contributed by atoms with van der Waals surface area (Å²) in [5, 5.41) is 0.885. The molecular formula is C21H26Cl2FN3O2S. The highest BCUT2D eigenvalue weighted by atomic mass is 35.5. The van der Waals surface area contributed by atoms with Gasteiger partial charge in [0.1, 0.15) is 5.82 Å². The Bertz CT molecular complexity index is 1080. The smallest absolute Gasteiger partial charge is 0.268 e. The fourth-order valence-corrected chi connectivity index (χ4v) is 5.07. The molecule has 5 nitrogen and oxygen atoms in total. The summed E-state index contributed by atoms with van der Waals surface area (Å²) >= 11 is 0. The minimum absolute atomic E-state index is 0. The Morgan fingerprint density at radius 1 is 0.900 bits per heavy atom. The van der Waals surface area contributed by atoms with E-state index in [1.807, 2.05) is 18.2 Å². The molecule has 164 valence electrons. The van der Waals surface area contributed by atoms with Crippen LogP contribution >= 0.6 is 24.8 Å². The molecule has 0 radical (unpaired) electrons. The Morgan fingerprint density at radius 2 is 1.53 bits per heavy atom. The fraction of sp³-hybridized carbons (Fsp3) is 0.333. The van der Waals surface area contributed by atoms with Crippen LogP contribution in [0.2, 0.25) is 0 Å². The summed E-state index contributed by atoms with van der Waals surface area (Å²) in [4.78, 5) is 4.95. The molecule has 4 rings (SSSR count). The first-order valence-corrected chi connectivity index (χ1v) is 11.0. The summed E-state index contributed by atoms with van der Waals surface area (Å²) in [6.45, 7) is 8.42. The van der Waals surface area contributed by atoms with Crippen LogP contribution in [0.15, 0.2) is 59.6 Å². The Kier molecular flexibility index (Phi) is 8.30. The van der Waals surface area contributed by atoms with Gasteiger partial charge in [-0.2, -0.15) is 0 Å². The van der Waals surface area contributed by atoms with Crippen LogP contribution in [0.3, 0.4) is 0 Å². The number of halogens is 3. The Labute approximate surface area is 189 Å². The molecule has 1 fully saturated rings. The van der Waals surface area contributed by atoms with E-state index in [-0.39, 0.29) is 29.7 Å². The molecule has 2 heterocycles. The van der Waals surface area contributed by atoms with Crippen LogP contribution < -0.4 is 0 Å². The molecule has 0 aliphatic carbocycles. The van der Waals surface area contributed by atoms with Gasteiger partial charge in [-0.1, -0.05) is 13.0 Å². The normalized spacial score (nSPS) is 15.5. The molecule has 1 aliphatic rings. The van der Waals surface area contributed by atoms with Crippen molar-refractivity contribution in [1.29, 1.82) is 0 Å². The SMILES string of the molecule is CCN1CCN(Cc2ccc3c(ccn3S(=O)(=O)c3ccc(F)cc3)c2)CC1.Cl.Cl. The molecule has 1 saturated heterocycles. The summed E-state index contributed by atoms with van der Waals surface area (Å²) in [5.41, 5.74) is 1.80. The summed E-state index contributed by atoms with van der Waals surface area (Å²) in [6, 6.07) is 12.6. The maximum atomic E-state index is 13.1. The van der Waals surface area contributed by atoms with Crippen molar-refractivity contribution in [3.63, 3.8) is 0 Å². The summed E-state index contributed by atoms with van der Waals surface area (Å²) in [5.74, 6) is -0.458. The van der Waals surface area contributed by atoms with Gasteiger partial charge < -0.3 is 4.90 Å². The van der Waals surface area contributed by atoms with Gasteiger partial charge in [0.25, 0.3) is 10.0 Å². The molecule has 0 bridgehead atoms. The highest BCUT2D eigenvalue weighted by molar-refractivity contribution is 7.90. The summed E-state index contributed by atoms with van der Waals surface area (Å²) in [7, 11) is -3.75. The molecule has 0 saturated carbocycles. The monoisotopic (exact) mass is 473 g/mol. The van der Waals surface area contributed by atoms with E-state index in [1.165, 1.54) is 21.7 Å². The molecule has 9 heteroatoms. The van der Waals surface area contributed by atoms with Gasteiger partial charge in [0.2, 0.25) is 0 Å². The average Bonchev–Trinajstić information content (AvgIpc) is 3.13. The van der Waals surface area contributed by atoms with E-state index in [4.69, 9.17) is 0 Å². The molecule has 0 spiro atoms. The first-order chi connectivity index (χ1) is 13.5. The van der Waals surface area contributed by atoms with Crippen LogP contribution in [0.25, 0.3) is 10.9 Å². The van der Waals surface area contributed by atoms with E-state index in [0.29, 0.717) is 5.52 Å². The number of rotatable bonds is 5. The Hall–Kier alpha value is -1.64. The van der Waals surface area contributed by atoms with E-state index in [9.17, 15) is 12.8 Å². The van der Waals surface area contributed by atoms with Gasteiger partial charge in [-0.15, -0.1) is 24.8 Å². The lowest BCUT2D eigenvalue weighted by Gasteiger charge is -2.34. The minimum atomic E-state index is -3.75. The van der Waals surface area contributed by atoms with Gasteiger partial charge in [0, 0.05) is 44.3 Å². The summed E-state index contributed by atoms with van der Waals surface area (Å²) < 4.78 is 40.2. The third-order valence-corrected chi connectivity index (χ3v) is 7.11. The summed E-state index contributed by atoms with van der Waals surface area (Å²) in [6.07, 6.45) is 1.56. The topological polar surface area (TPSA) is 45.5 Å². The molecule has 0 amide bonds. The first-order valence-electron chi connectivity index (χ1n) is 9.53. The van der Waals surface area contributed by atoms with Crippen LogP contribution in [-0.2, 0) is 16.6 Å². The van der Waals surface area contributed by atoms with Crippen LogP contribution in [-0.4, -0.2) is 54.9 Å². The van der Waals surface area contributed by atoms with Crippen molar-refractivity contribution in [2.24, 2.45) is 0 Å². The van der Waals surface area contributed by atoms with Gasteiger partial charge >= 0.3 is 0 Å². The molecule has 0 N–H and O–H groups in total. The molecule has 1 aromatic heterocycles. The van der Waals surface area contributed by atoms with Crippen LogP contribution in [0, 0.1) is 5.82 Å². The first kappa shape index (κ1) is 24.6. The predicted molar refractivity (Wildman–Crippen MR) is 123 cm³/mol. The maximum Gasteiger partial charge on any atom is 0.268 e. The number of aromatic nitrogens is 1. The second-order valence-electron chi connectivity index (χ2n) is 7.17. The van der Waals surface area contributed by atoms with Crippen molar-refractivity contribution < 1.29 is 12.8 Å². The largest absolute Gasteiger partial charge is 0.301 e. The van der Waals surface area contributed by atoms with Crippen LogP contribution in [0.5, 0.6) is 0 Å². The number of benzene rings is 2. The van der Waals surface area contributed by atoms with Crippen molar-refractivity contribution >= 4 is 45.7 Å². The minimum Gasteiger partial charge on any atom is -0.301 e. The molecule has 1 aliphatic heterocycles. The van der Waals surface area contributed by atoms with E-state index in [1.54, 1.807) is 6.20 Å². The zero-order valence-electron chi connectivity index (χ0n) is 16.7.